The van der Waals surface area contributed by atoms with Crippen LogP contribution in [-0.2, 0) is 0 Å². The minimum Gasteiger partial charge on any atom is -0.452 e. The van der Waals surface area contributed by atoms with Crippen molar-refractivity contribution in [1.82, 2.24) is 4.98 Å². The Bertz CT molecular complexity index is 1450. The first-order valence-corrected chi connectivity index (χ1v) is 9.60. The average Bonchev–Trinajstić information content (AvgIpc) is 3.35. The lowest BCUT2D eigenvalue weighted by atomic mass is 10.1. The number of ketones is 1. The van der Waals surface area contributed by atoms with Gasteiger partial charge in [0.15, 0.2) is 5.76 Å². The number of allylic oxidation sites excluding steroid dienone is 1. The molecule has 0 aliphatic carbocycles. The van der Waals surface area contributed by atoms with Crippen molar-refractivity contribution in [2.75, 3.05) is 0 Å². The smallest absolute Gasteiger partial charge is 0.343 e. The van der Waals surface area contributed by atoms with E-state index in [2.05, 4.69) is 4.98 Å². The van der Waals surface area contributed by atoms with Crippen LogP contribution in [0.1, 0.15) is 26.3 Å². The van der Waals surface area contributed by atoms with Crippen LogP contribution < -0.4 is 9.47 Å². The second-order valence-electron chi connectivity index (χ2n) is 7.08. The molecule has 0 saturated carbocycles. The first-order valence-electron chi connectivity index (χ1n) is 9.60. The maximum Gasteiger partial charge on any atom is 0.343 e. The van der Waals surface area contributed by atoms with Crippen LogP contribution >= 0.6 is 0 Å². The van der Waals surface area contributed by atoms with Crippen LogP contribution in [0.15, 0.2) is 78.7 Å². The molecular weight excluding hydrogens is 412 g/mol. The number of nitro groups is 1. The number of nitrogens with one attached hydrogen (secondary N) is 1. The van der Waals surface area contributed by atoms with E-state index >= 15 is 0 Å². The fraction of sp³-hybridized carbons (Fsp3) is 0. The summed E-state index contributed by atoms with van der Waals surface area (Å²) in [5, 5.41) is 11.9. The van der Waals surface area contributed by atoms with Gasteiger partial charge in [-0.1, -0.05) is 24.3 Å². The molecule has 1 aliphatic rings. The third kappa shape index (κ3) is 3.39. The van der Waals surface area contributed by atoms with Gasteiger partial charge in [-0.2, -0.15) is 0 Å². The molecule has 3 aromatic carbocycles. The second-order valence-corrected chi connectivity index (χ2v) is 7.08. The third-order valence-electron chi connectivity index (χ3n) is 5.05. The first kappa shape index (κ1) is 19.3. The van der Waals surface area contributed by atoms with E-state index in [0.717, 1.165) is 22.5 Å². The molecule has 2 heterocycles. The van der Waals surface area contributed by atoms with Gasteiger partial charge in [-0.05, 0) is 30.3 Å². The quantitative estimate of drug-likeness (QED) is 0.163. The summed E-state index contributed by atoms with van der Waals surface area (Å²) in [6.45, 7) is 0. The van der Waals surface area contributed by atoms with Crippen molar-refractivity contribution in [1.29, 1.82) is 0 Å². The van der Waals surface area contributed by atoms with Crippen molar-refractivity contribution in [3.63, 3.8) is 0 Å². The number of benzene rings is 3. The van der Waals surface area contributed by atoms with Gasteiger partial charge in [-0.15, -0.1) is 0 Å². The van der Waals surface area contributed by atoms with Gasteiger partial charge in [0.05, 0.1) is 16.1 Å². The van der Waals surface area contributed by atoms with Crippen molar-refractivity contribution < 1.29 is 24.0 Å². The molecule has 1 aliphatic heterocycles. The molecule has 0 radical (unpaired) electrons. The summed E-state index contributed by atoms with van der Waals surface area (Å²) in [5.74, 6) is -0.451. The monoisotopic (exact) mass is 426 g/mol. The van der Waals surface area contributed by atoms with Gasteiger partial charge in [-0.3, -0.25) is 14.9 Å². The van der Waals surface area contributed by atoms with Crippen LogP contribution in [0.3, 0.4) is 0 Å². The number of rotatable bonds is 4. The summed E-state index contributed by atoms with van der Waals surface area (Å²) in [6.07, 6.45) is 3.46. The molecule has 0 spiro atoms. The lowest BCUT2D eigenvalue weighted by Crippen LogP contribution is -2.08. The van der Waals surface area contributed by atoms with E-state index in [4.69, 9.17) is 9.47 Å². The molecule has 0 unspecified atom stereocenters. The van der Waals surface area contributed by atoms with Gasteiger partial charge < -0.3 is 14.5 Å². The molecule has 0 atom stereocenters. The second kappa shape index (κ2) is 7.51. The molecule has 0 saturated heterocycles. The summed E-state index contributed by atoms with van der Waals surface area (Å²) in [4.78, 5) is 38.6. The van der Waals surface area contributed by atoms with Crippen LogP contribution in [0.25, 0.3) is 17.0 Å². The van der Waals surface area contributed by atoms with E-state index < -0.39 is 10.9 Å². The maximum atomic E-state index is 12.7. The number of ether oxygens (including phenoxy) is 2. The Morgan fingerprint density at radius 3 is 2.75 bits per heavy atom. The minimum absolute atomic E-state index is 0.0385. The maximum absolute atomic E-state index is 12.7. The largest absolute Gasteiger partial charge is 0.452 e. The van der Waals surface area contributed by atoms with E-state index in [1.54, 1.807) is 12.3 Å². The predicted octanol–water partition coefficient (Wildman–Crippen LogP) is 4.91. The van der Waals surface area contributed by atoms with E-state index in [1.807, 2.05) is 24.3 Å². The fourth-order valence-electron chi connectivity index (χ4n) is 3.50. The summed E-state index contributed by atoms with van der Waals surface area (Å²) < 4.78 is 11.1. The molecule has 0 amide bonds. The standard InChI is InChI=1S/C24H14N2O6/c27-23-19-9-8-17(31-24(28)14-4-3-5-16(10-14)26(29)30)12-21(19)32-22(23)11-15-13-25-20-7-2-1-6-18(15)20/h1-13,25H. The van der Waals surface area contributed by atoms with Crippen LogP contribution in [0, 0.1) is 10.1 Å². The van der Waals surface area contributed by atoms with Gasteiger partial charge in [0, 0.05) is 40.9 Å². The van der Waals surface area contributed by atoms with E-state index in [-0.39, 0.29) is 34.3 Å². The third-order valence-corrected chi connectivity index (χ3v) is 5.05. The lowest BCUT2D eigenvalue weighted by Gasteiger charge is -2.05. The number of H-pyrrole nitrogens is 1. The normalized spacial score (nSPS) is 13.8. The highest BCUT2D eigenvalue weighted by Gasteiger charge is 2.28. The average molecular weight is 426 g/mol. The number of carbonyl (C=O) groups is 2. The number of nitro benzene ring substituents is 1. The molecule has 1 aromatic heterocycles. The van der Waals surface area contributed by atoms with Gasteiger partial charge >= 0.3 is 5.97 Å². The molecular formula is C24H14N2O6. The Morgan fingerprint density at radius 2 is 1.91 bits per heavy atom. The summed E-state index contributed by atoms with van der Waals surface area (Å²) in [6, 6.07) is 17.4. The zero-order chi connectivity index (χ0) is 22.2. The van der Waals surface area contributed by atoms with Gasteiger partial charge in [-0.25, -0.2) is 4.79 Å². The number of Topliss-reactive ketones (excluding diaryl/α,β-unsaturated/α-hetero) is 1. The Labute approximate surface area is 180 Å². The van der Waals surface area contributed by atoms with Crippen LogP contribution in [-0.4, -0.2) is 21.7 Å². The topological polar surface area (TPSA) is 112 Å². The summed E-state index contributed by atoms with van der Waals surface area (Å²) in [7, 11) is 0. The number of esters is 1. The highest BCUT2D eigenvalue weighted by atomic mass is 16.6. The number of aromatic nitrogens is 1. The van der Waals surface area contributed by atoms with E-state index in [9.17, 15) is 19.7 Å². The number of fused-ring (bicyclic) bond motifs is 2. The molecule has 4 aromatic rings. The number of para-hydroxylation sites is 1. The zero-order valence-corrected chi connectivity index (χ0v) is 16.4. The molecule has 8 nitrogen and oxygen atoms in total. The number of aromatic amines is 1. The highest BCUT2D eigenvalue weighted by Crippen LogP contribution is 2.35. The van der Waals surface area contributed by atoms with E-state index in [0.29, 0.717) is 5.56 Å². The van der Waals surface area contributed by atoms with Crippen molar-refractivity contribution in [3.05, 3.63) is 105 Å². The molecule has 5 rings (SSSR count). The van der Waals surface area contributed by atoms with Crippen LogP contribution in [0.4, 0.5) is 5.69 Å². The van der Waals surface area contributed by atoms with Crippen molar-refractivity contribution in [2.24, 2.45) is 0 Å². The molecule has 156 valence electrons. The SMILES string of the molecule is O=C(Oc1ccc2c(c1)OC(=Cc1c[nH]c3ccccc13)C2=O)c1cccc([N+](=O)[O-])c1. The van der Waals surface area contributed by atoms with Gasteiger partial charge in [0.1, 0.15) is 11.5 Å². The zero-order valence-electron chi connectivity index (χ0n) is 16.4. The Balaban J connectivity index is 1.39. The Kier molecular flexibility index (Phi) is 4.52. The number of non-ortho nitro benzene ring substituents is 1. The number of hydrogen-bond donors (Lipinski definition) is 1. The van der Waals surface area contributed by atoms with Crippen LogP contribution in [0.5, 0.6) is 11.5 Å². The van der Waals surface area contributed by atoms with Crippen molar-refractivity contribution >= 4 is 34.4 Å². The summed E-state index contributed by atoms with van der Waals surface area (Å²) >= 11 is 0. The minimum atomic E-state index is -0.757. The van der Waals surface area contributed by atoms with E-state index in [1.165, 1.54) is 36.4 Å². The van der Waals surface area contributed by atoms with Gasteiger partial charge in [0.2, 0.25) is 5.78 Å². The molecule has 32 heavy (non-hydrogen) atoms. The molecule has 0 fully saturated rings. The number of hydrogen-bond acceptors (Lipinski definition) is 6. The molecule has 8 heteroatoms. The predicted molar refractivity (Wildman–Crippen MR) is 116 cm³/mol. The fourth-order valence-corrected chi connectivity index (χ4v) is 3.50. The highest BCUT2D eigenvalue weighted by molar-refractivity contribution is 6.15. The first-order chi connectivity index (χ1) is 15.5. The van der Waals surface area contributed by atoms with Gasteiger partial charge in [0.25, 0.3) is 5.69 Å². The van der Waals surface area contributed by atoms with Crippen LogP contribution in [0.2, 0.25) is 0 Å². The van der Waals surface area contributed by atoms with Crippen molar-refractivity contribution in [2.45, 2.75) is 0 Å². The lowest BCUT2D eigenvalue weighted by molar-refractivity contribution is -0.384. The molecule has 0 bridgehead atoms. The van der Waals surface area contributed by atoms with Crippen molar-refractivity contribution in [3.8, 4) is 11.5 Å². The Hall–Kier alpha value is -4.72. The molecule has 1 N–H and O–H groups in total. The number of nitrogens with zero attached hydrogens (tertiary/aromatic N) is 1. The number of carbonyl (C=O) groups excluding carboxylic acids is 2. The Morgan fingerprint density at radius 1 is 1.06 bits per heavy atom. The summed E-state index contributed by atoms with van der Waals surface area (Å²) in [5.41, 5.74) is 1.93.